The summed E-state index contributed by atoms with van der Waals surface area (Å²) in [6.07, 6.45) is 3.69. The summed E-state index contributed by atoms with van der Waals surface area (Å²) in [4.78, 5) is 14.5. The standard InChI is InChI=1S/C37H22N4/c1-3-10-27-23(7-1)14-18-33-35(27)29-21-25(31-16-13-24-8-2-4-12-30(24)40-31)15-17-32(29)41(33)34-22-26-9-5-19-38-36(26)37-28(34)11-6-20-39-37/h1-22H. The van der Waals surface area contributed by atoms with Crippen LogP contribution in [0.5, 0.6) is 0 Å². The molecule has 4 aromatic heterocycles. The van der Waals surface area contributed by atoms with Crippen LogP contribution < -0.4 is 0 Å². The third kappa shape index (κ3) is 3.25. The smallest absolute Gasteiger partial charge is 0.0985 e. The fourth-order valence-electron chi connectivity index (χ4n) is 6.38. The lowest BCUT2D eigenvalue weighted by molar-refractivity contribution is 1.20. The SMILES string of the molecule is c1ccc2nc(-c3ccc4c(c3)c3c5ccccc5ccc3n4-c3cc4cccnc4c4ncccc34)ccc2c1. The quantitative estimate of drug-likeness (QED) is 0.213. The predicted octanol–water partition coefficient (Wildman–Crippen LogP) is 9.25. The molecule has 0 radical (unpaired) electrons. The zero-order valence-corrected chi connectivity index (χ0v) is 22.0. The Morgan fingerprint density at radius 1 is 0.488 bits per heavy atom. The van der Waals surface area contributed by atoms with Gasteiger partial charge in [-0.25, -0.2) is 4.98 Å². The average Bonchev–Trinajstić information content (AvgIpc) is 3.38. The number of aromatic nitrogens is 4. The van der Waals surface area contributed by atoms with Gasteiger partial charge in [0.05, 0.1) is 39.0 Å². The van der Waals surface area contributed by atoms with Crippen LogP contribution in [0.4, 0.5) is 0 Å². The van der Waals surface area contributed by atoms with Crippen LogP contribution in [0.25, 0.3) is 82.2 Å². The highest BCUT2D eigenvalue weighted by Gasteiger charge is 2.19. The minimum absolute atomic E-state index is 0.911. The summed E-state index contributed by atoms with van der Waals surface area (Å²) in [7, 11) is 0. The van der Waals surface area contributed by atoms with Gasteiger partial charge in [0.1, 0.15) is 0 Å². The second-order valence-corrected chi connectivity index (χ2v) is 10.5. The first-order valence-electron chi connectivity index (χ1n) is 13.8. The lowest BCUT2D eigenvalue weighted by Gasteiger charge is -2.13. The van der Waals surface area contributed by atoms with E-state index in [2.05, 4.69) is 113 Å². The molecule has 41 heavy (non-hydrogen) atoms. The molecule has 5 aromatic carbocycles. The highest BCUT2D eigenvalue weighted by Crippen LogP contribution is 2.40. The van der Waals surface area contributed by atoms with Gasteiger partial charge in [0.25, 0.3) is 0 Å². The minimum Gasteiger partial charge on any atom is -0.309 e. The molecule has 4 nitrogen and oxygen atoms in total. The van der Waals surface area contributed by atoms with Crippen molar-refractivity contribution in [2.24, 2.45) is 0 Å². The molecule has 9 rings (SSSR count). The average molecular weight is 523 g/mol. The first-order valence-corrected chi connectivity index (χ1v) is 13.8. The number of hydrogen-bond donors (Lipinski definition) is 0. The summed E-state index contributed by atoms with van der Waals surface area (Å²) in [5.41, 5.74) is 8.31. The molecule has 0 fully saturated rings. The van der Waals surface area contributed by atoms with E-state index in [9.17, 15) is 0 Å². The van der Waals surface area contributed by atoms with Gasteiger partial charge in [-0.1, -0.05) is 66.7 Å². The van der Waals surface area contributed by atoms with Gasteiger partial charge in [0, 0.05) is 44.9 Å². The Balaban J connectivity index is 1.42. The Bertz CT molecular complexity index is 2490. The van der Waals surface area contributed by atoms with Crippen molar-refractivity contribution in [1.29, 1.82) is 0 Å². The summed E-state index contributed by atoms with van der Waals surface area (Å²) in [5.74, 6) is 0. The summed E-state index contributed by atoms with van der Waals surface area (Å²) >= 11 is 0. The summed E-state index contributed by atoms with van der Waals surface area (Å²) in [5, 5.41) is 8.19. The molecule has 9 aromatic rings. The molecule has 0 atom stereocenters. The molecule has 4 heteroatoms. The largest absolute Gasteiger partial charge is 0.309 e. The fourth-order valence-corrected chi connectivity index (χ4v) is 6.38. The van der Waals surface area contributed by atoms with Gasteiger partial charge in [-0.3, -0.25) is 9.97 Å². The van der Waals surface area contributed by atoms with Crippen molar-refractivity contribution in [1.82, 2.24) is 19.5 Å². The van der Waals surface area contributed by atoms with E-state index < -0.39 is 0 Å². The molecule has 0 aliphatic rings. The van der Waals surface area contributed by atoms with Crippen LogP contribution in [-0.2, 0) is 0 Å². The number of pyridine rings is 3. The first kappa shape index (κ1) is 22.2. The highest BCUT2D eigenvalue weighted by molar-refractivity contribution is 6.22. The maximum Gasteiger partial charge on any atom is 0.0985 e. The Kier molecular flexibility index (Phi) is 4.58. The van der Waals surface area contributed by atoms with Gasteiger partial charge in [0.2, 0.25) is 0 Å². The van der Waals surface area contributed by atoms with E-state index in [1.165, 1.54) is 21.5 Å². The number of fused-ring (bicyclic) bond motifs is 9. The molecule has 0 unspecified atom stereocenters. The Labute approximate surface area is 235 Å². The van der Waals surface area contributed by atoms with Crippen molar-refractivity contribution >= 4 is 65.3 Å². The first-order chi connectivity index (χ1) is 20.3. The van der Waals surface area contributed by atoms with Gasteiger partial charge >= 0.3 is 0 Å². The van der Waals surface area contributed by atoms with E-state index in [0.29, 0.717) is 0 Å². The lowest BCUT2D eigenvalue weighted by Crippen LogP contribution is -1.97. The normalized spacial score (nSPS) is 11.9. The lowest BCUT2D eigenvalue weighted by atomic mass is 10.0. The van der Waals surface area contributed by atoms with E-state index in [1.54, 1.807) is 0 Å². The van der Waals surface area contributed by atoms with Crippen LogP contribution in [0.15, 0.2) is 134 Å². The van der Waals surface area contributed by atoms with Crippen molar-refractivity contribution in [3.05, 3.63) is 134 Å². The van der Waals surface area contributed by atoms with Crippen molar-refractivity contribution in [3.8, 4) is 16.9 Å². The highest BCUT2D eigenvalue weighted by atomic mass is 15.0. The summed E-state index contributed by atoms with van der Waals surface area (Å²) in [6.45, 7) is 0. The Morgan fingerprint density at radius 2 is 1.22 bits per heavy atom. The predicted molar refractivity (Wildman–Crippen MR) is 170 cm³/mol. The monoisotopic (exact) mass is 522 g/mol. The topological polar surface area (TPSA) is 43.6 Å². The fraction of sp³-hybridized carbons (Fsp3) is 0. The van der Waals surface area contributed by atoms with Crippen molar-refractivity contribution < 1.29 is 0 Å². The van der Waals surface area contributed by atoms with Crippen LogP contribution in [0.3, 0.4) is 0 Å². The summed E-state index contributed by atoms with van der Waals surface area (Å²) in [6, 6.07) is 42.9. The van der Waals surface area contributed by atoms with Gasteiger partial charge in [-0.05, 0) is 65.4 Å². The van der Waals surface area contributed by atoms with E-state index >= 15 is 0 Å². The molecule has 0 spiro atoms. The van der Waals surface area contributed by atoms with Crippen molar-refractivity contribution in [2.45, 2.75) is 0 Å². The molecule has 0 N–H and O–H groups in total. The number of hydrogen-bond acceptors (Lipinski definition) is 3. The molecule has 190 valence electrons. The van der Waals surface area contributed by atoms with E-state index in [0.717, 1.165) is 60.7 Å². The van der Waals surface area contributed by atoms with Crippen LogP contribution in [-0.4, -0.2) is 19.5 Å². The van der Waals surface area contributed by atoms with Crippen molar-refractivity contribution in [3.63, 3.8) is 0 Å². The van der Waals surface area contributed by atoms with Gasteiger partial charge in [0.15, 0.2) is 0 Å². The second kappa shape index (κ2) is 8.44. The van der Waals surface area contributed by atoms with Crippen LogP contribution in [0.1, 0.15) is 0 Å². The number of rotatable bonds is 2. The molecule has 0 bridgehead atoms. The van der Waals surface area contributed by atoms with Crippen molar-refractivity contribution in [2.75, 3.05) is 0 Å². The van der Waals surface area contributed by atoms with Crippen LogP contribution in [0, 0.1) is 0 Å². The van der Waals surface area contributed by atoms with Crippen LogP contribution in [0.2, 0.25) is 0 Å². The molecule has 0 saturated carbocycles. The molecule has 4 heterocycles. The molecule has 0 saturated heterocycles. The minimum atomic E-state index is 0.911. The number of para-hydroxylation sites is 1. The van der Waals surface area contributed by atoms with Gasteiger partial charge in [-0.15, -0.1) is 0 Å². The molecular formula is C37H22N4. The van der Waals surface area contributed by atoms with E-state index in [1.807, 2.05) is 30.6 Å². The van der Waals surface area contributed by atoms with E-state index in [4.69, 9.17) is 9.97 Å². The second-order valence-electron chi connectivity index (χ2n) is 10.5. The Morgan fingerprint density at radius 3 is 2.17 bits per heavy atom. The molecular weight excluding hydrogens is 500 g/mol. The maximum atomic E-state index is 5.01. The molecule has 0 amide bonds. The zero-order chi connectivity index (χ0) is 26.9. The third-order valence-corrected chi connectivity index (χ3v) is 8.23. The van der Waals surface area contributed by atoms with E-state index in [-0.39, 0.29) is 0 Å². The number of benzene rings is 5. The maximum absolute atomic E-state index is 5.01. The van der Waals surface area contributed by atoms with Gasteiger partial charge < -0.3 is 4.57 Å². The zero-order valence-electron chi connectivity index (χ0n) is 22.0. The van der Waals surface area contributed by atoms with Crippen LogP contribution >= 0.6 is 0 Å². The molecule has 0 aliphatic heterocycles. The Hall–Kier alpha value is -5.61. The van der Waals surface area contributed by atoms with Gasteiger partial charge in [-0.2, -0.15) is 0 Å². The molecule has 0 aliphatic carbocycles. The summed E-state index contributed by atoms with van der Waals surface area (Å²) < 4.78 is 2.39. The third-order valence-electron chi connectivity index (χ3n) is 8.23. The number of nitrogens with zero attached hydrogens (tertiary/aromatic N) is 4.